The summed E-state index contributed by atoms with van der Waals surface area (Å²) in [6.07, 6.45) is 7.98. The summed E-state index contributed by atoms with van der Waals surface area (Å²) < 4.78 is 7.59. The molecule has 2 heterocycles. The van der Waals surface area contributed by atoms with Gasteiger partial charge in [0.15, 0.2) is 0 Å². The van der Waals surface area contributed by atoms with E-state index in [-0.39, 0.29) is 12.1 Å². The van der Waals surface area contributed by atoms with Gasteiger partial charge in [-0.3, -0.25) is 0 Å². The van der Waals surface area contributed by atoms with Gasteiger partial charge in [0.2, 0.25) is 0 Å². The fourth-order valence-corrected chi connectivity index (χ4v) is 3.38. The van der Waals surface area contributed by atoms with Gasteiger partial charge in [0.1, 0.15) is 0 Å². The maximum atomic E-state index is 12.5. The summed E-state index contributed by atoms with van der Waals surface area (Å²) in [4.78, 5) is 18.6. The van der Waals surface area contributed by atoms with E-state index in [9.17, 15) is 4.79 Å². The molecule has 0 spiro atoms. The molecule has 1 saturated carbocycles. The Bertz CT molecular complexity index is 695. The smallest absolute Gasteiger partial charge is 0.318 e. The molecule has 0 radical (unpaired) electrons. The summed E-state index contributed by atoms with van der Waals surface area (Å²) in [5.74, 6) is 0.633. The summed E-state index contributed by atoms with van der Waals surface area (Å²) >= 11 is 0. The number of ether oxygens (including phenoxy) is 1. The predicted octanol–water partition coefficient (Wildman–Crippen LogP) is 2.25. The van der Waals surface area contributed by atoms with Crippen molar-refractivity contribution in [2.75, 3.05) is 19.8 Å². The number of aromatic nitrogens is 2. The van der Waals surface area contributed by atoms with Crippen molar-refractivity contribution in [3.8, 4) is 0 Å². The summed E-state index contributed by atoms with van der Waals surface area (Å²) in [7, 11) is 0. The maximum Gasteiger partial charge on any atom is 0.318 e. The molecule has 6 heteroatoms. The van der Waals surface area contributed by atoms with E-state index < -0.39 is 0 Å². The van der Waals surface area contributed by atoms with Crippen LogP contribution in [0.4, 0.5) is 4.79 Å². The average molecular weight is 340 g/mol. The van der Waals surface area contributed by atoms with Crippen LogP contribution in [0.1, 0.15) is 24.0 Å². The lowest BCUT2D eigenvalue weighted by Crippen LogP contribution is -2.53. The van der Waals surface area contributed by atoms with Crippen LogP contribution in [0.3, 0.4) is 0 Å². The largest absolute Gasteiger partial charge is 0.377 e. The van der Waals surface area contributed by atoms with Crippen LogP contribution in [0.15, 0.2) is 43.0 Å². The first-order chi connectivity index (χ1) is 12.3. The number of imidazole rings is 1. The Morgan fingerprint density at radius 2 is 2.04 bits per heavy atom. The molecule has 1 aromatic carbocycles. The minimum Gasteiger partial charge on any atom is -0.377 e. The lowest BCUT2D eigenvalue weighted by atomic mass is 10.1. The molecule has 0 bridgehead atoms. The van der Waals surface area contributed by atoms with Crippen LogP contribution >= 0.6 is 0 Å². The zero-order valence-corrected chi connectivity index (χ0v) is 14.3. The lowest BCUT2D eigenvalue weighted by Gasteiger charge is -2.35. The van der Waals surface area contributed by atoms with Gasteiger partial charge in [-0.15, -0.1) is 0 Å². The number of urea groups is 1. The van der Waals surface area contributed by atoms with Gasteiger partial charge in [-0.25, -0.2) is 9.78 Å². The van der Waals surface area contributed by atoms with E-state index in [0.717, 1.165) is 12.1 Å². The molecular weight excluding hydrogens is 316 g/mol. The Balaban J connectivity index is 1.30. The molecule has 1 aliphatic carbocycles. The van der Waals surface area contributed by atoms with Gasteiger partial charge in [0.05, 0.1) is 25.6 Å². The van der Waals surface area contributed by atoms with Crippen LogP contribution < -0.4 is 5.32 Å². The average Bonchev–Trinajstić information content (AvgIpc) is 3.38. The molecule has 4 rings (SSSR count). The first kappa shape index (κ1) is 16.1. The van der Waals surface area contributed by atoms with E-state index in [1.54, 1.807) is 6.20 Å². The molecule has 0 unspecified atom stereocenters. The van der Waals surface area contributed by atoms with Gasteiger partial charge in [-0.05, 0) is 29.9 Å². The van der Waals surface area contributed by atoms with E-state index in [4.69, 9.17) is 4.74 Å². The van der Waals surface area contributed by atoms with E-state index in [1.165, 1.54) is 18.4 Å². The zero-order chi connectivity index (χ0) is 17.1. The number of rotatable bonds is 5. The Labute approximate surface area is 147 Å². The van der Waals surface area contributed by atoms with Crippen LogP contribution in [0.2, 0.25) is 0 Å². The van der Waals surface area contributed by atoms with Gasteiger partial charge < -0.3 is 19.5 Å². The number of hydrogen-bond donors (Lipinski definition) is 1. The minimum atomic E-state index is 0.0303. The van der Waals surface area contributed by atoms with Crippen molar-refractivity contribution in [3.05, 3.63) is 54.1 Å². The van der Waals surface area contributed by atoms with Gasteiger partial charge in [0.25, 0.3) is 0 Å². The third kappa shape index (κ3) is 4.02. The van der Waals surface area contributed by atoms with Gasteiger partial charge in [0, 0.05) is 32.0 Å². The number of carbonyl (C=O) groups is 1. The van der Waals surface area contributed by atoms with Crippen molar-refractivity contribution < 1.29 is 9.53 Å². The molecule has 2 aromatic rings. The van der Waals surface area contributed by atoms with Crippen LogP contribution in [0, 0.1) is 5.92 Å². The Morgan fingerprint density at radius 3 is 2.76 bits per heavy atom. The number of nitrogens with one attached hydrogen (secondary N) is 1. The molecule has 1 saturated heterocycles. The van der Waals surface area contributed by atoms with Crippen molar-refractivity contribution in [1.82, 2.24) is 19.8 Å². The number of nitrogens with zero attached hydrogens (tertiary/aromatic N) is 3. The minimum absolute atomic E-state index is 0.0303. The fraction of sp³-hybridized carbons (Fsp3) is 0.474. The Morgan fingerprint density at radius 1 is 1.24 bits per heavy atom. The highest BCUT2D eigenvalue weighted by molar-refractivity contribution is 5.74. The number of carbonyl (C=O) groups excluding carboxylic acids is 1. The van der Waals surface area contributed by atoms with Crippen LogP contribution in [-0.4, -0.2) is 46.3 Å². The second-order valence-corrected chi connectivity index (χ2v) is 6.88. The van der Waals surface area contributed by atoms with Crippen molar-refractivity contribution >= 4 is 6.03 Å². The number of hydrogen-bond acceptors (Lipinski definition) is 3. The second kappa shape index (κ2) is 7.27. The molecule has 6 nitrogen and oxygen atoms in total. The number of morpholine rings is 1. The Hall–Kier alpha value is -2.34. The third-order valence-corrected chi connectivity index (χ3v) is 4.98. The van der Waals surface area contributed by atoms with Gasteiger partial charge >= 0.3 is 6.03 Å². The predicted molar refractivity (Wildman–Crippen MR) is 94.0 cm³/mol. The summed E-state index contributed by atoms with van der Waals surface area (Å²) in [5, 5.41) is 3.06. The van der Waals surface area contributed by atoms with E-state index >= 15 is 0 Å². The summed E-state index contributed by atoms with van der Waals surface area (Å²) in [6, 6.07) is 8.63. The molecule has 1 aromatic heterocycles. The van der Waals surface area contributed by atoms with Crippen molar-refractivity contribution in [1.29, 1.82) is 0 Å². The van der Waals surface area contributed by atoms with E-state index in [1.807, 2.05) is 22.0 Å². The van der Waals surface area contributed by atoms with Crippen molar-refractivity contribution in [3.63, 3.8) is 0 Å². The molecule has 132 valence electrons. The number of amides is 2. The van der Waals surface area contributed by atoms with Crippen molar-refractivity contribution in [2.24, 2.45) is 5.92 Å². The first-order valence-electron chi connectivity index (χ1n) is 8.95. The van der Waals surface area contributed by atoms with Gasteiger partial charge in [-0.1, -0.05) is 24.3 Å². The molecule has 1 atom stereocenters. The van der Waals surface area contributed by atoms with Crippen LogP contribution in [0.25, 0.3) is 0 Å². The van der Waals surface area contributed by atoms with Gasteiger partial charge in [-0.2, -0.15) is 0 Å². The standard InChI is InChI=1S/C19H24N4O2/c24-19(23-9-10-25-13-18(23)17-5-6-17)21-11-15-1-3-16(4-2-15)12-22-8-7-20-14-22/h1-4,7-8,14,17-18H,5-6,9-13H2,(H,21,24)/t18-/m0/s1. The lowest BCUT2D eigenvalue weighted by molar-refractivity contribution is 0.00463. The van der Waals surface area contributed by atoms with Crippen molar-refractivity contribution in [2.45, 2.75) is 32.0 Å². The molecule has 25 heavy (non-hydrogen) atoms. The monoisotopic (exact) mass is 340 g/mol. The van der Waals surface area contributed by atoms with Crippen LogP contribution in [-0.2, 0) is 17.8 Å². The summed E-state index contributed by atoms with van der Waals surface area (Å²) in [5.41, 5.74) is 2.33. The first-order valence-corrected chi connectivity index (χ1v) is 8.95. The molecular formula is C19H24N4O2. The highest BCUT2D eigenvalue weighted by Gasteiger charge is 2.39. The third-order valence-electron chi connectivity index (χ3n) is 4.98. The molecule has 1 N–H and O–H groups in total. The number of benzene rings is 1. The second-order valence-electron chi connectivity index (χ2n) is 6.88. The SMILES string of the molecule is O=C(NCc1ccc(Cn2ccnc2)cc1)N1CCOC[C@H]1C1CC1. The fourth-order valence-electron chi connectivity index (χ4n) is 3.38. The zero-order valence-electron chi connectivity index (χ0n) is 14.3. The molecule has 2 fully saturated rings. The maximum absolute atomic E-state index is 12.5. The quantitative estimate of drug-likeness (QED) is 0.908. The normalized spacial score (nSPS) is 20.5. The molecule has 2 amide bonds. The van der Waals surface area contributed by atoms with Crippen LogP contribution in [0.5, 0.6) is 0 Å². The highest BCUT2D eigenvalue weighted by Crippen LogP contribution is 2.36. The Kier molecular flexibility index (Phi) is 4.70. The highest BCUT2D eigenvalue weighted by atomic mass is 16.5. The molecule has 1 aliphatic heterocycles. The van der Waals surface area contributed by atoms with E-state index in [0.29, 0.717) is 32.2 Å². The van der Waals surface area contributed by atoms with E-state index in [2.05, 4.69) is 34.6 Å². The summed E-state index contributed by atoms with van der Waals surface area (Å²) in [6.45, 7) is 3.37. The topological polar surface area (TPSA) is 59.4 Å². The molecule has 2 aliphatic rings.